The Hall–Kier alpha value is -2.94. The highest BCUT2D eigenvalue weighted by Crippen LogP contribution is 2.35. The lowest BCUT2D eigenvalue weighted by Gasteiger charge is -2.22. The average Bonchev–Trinajstić information content (AvgIpc) is 3.19. The van der Waals surface area contributed by atoms with Crippen molar-refractivity contribution in [3.63, 3.8) is 0 Å². The van der Waals surface area contributed by atoms with Gasteiger partial charge < -0.3 is 11.1 Å². The van der Waals surface area contributed by atoms with Crippen LogP contribution in [0.5, 0.6) is 0 Å². The van der Waals surface area contributed by atoms with E-state index in [0.717, 1.165) is 5.39 Å². The van der Waals surface area contributed by atoms with Crippen molar-refractivity contribution < 1.29 is 8.42 Å². The Labute approximate surface area is 192 Å². The van der Waals surface area contributed by atoms with Crippen molar-refractivity contribution in [3.8, 4) is 11.3 Å². The summed E-state index contributed by atoms with van der Waals surface area (Å²) < 4.78 is 28.0. The van der Waals surface area contributed by atoms with E-state index in [0.29, 0.717) is 40.8 Å². The predicted molar refractivity (Wildman–Crippen MR) is 128 cm³/mol. The molecular weight excluding hydrogens is 446 g/mol. The number of nitrogens with zero attached hydrogens (tertiary/aromatic N) is 3. The fourth-order valence-electron chi connectivity index (χ4n) is 3.28. The van der Waals surface area contributed by atoms with Gasteiger partial charge in [0.1, 0.15) is 0 Å². The minimum atomic E-state index is -3.81. The molecule has 3 N–H and O–H groups in total. The number of rotatable bonds is 7. The SMILES string of the molecule is CC(C)(CN)CNc1ncc(Cl)c(-c2cn(S(=O)(=O)c3ccccc3)c3ccccc23)n1. The van der Waals surface area contributed by atoms with Gasteiger partial charge in [-0.15, -0.1) is 0 Å². The molecular formula is C23H24ClN5O2S. The van der Waals surface area contributed by atoms with Crippen LogP contribution in [-0.4, -0.2) is 35.4 Å². The summed E-state index contributed by atoms with van der Waals surface area (Å²) in [7, 11) is -3.81. The Bertz CT molecular complexity index is 1370. The summed E-state index contributed by atoms with van der Waals surface area (Å²) >= 11 is 6.46. The Morgan fingerprint density at radius 2 is 1.78 bits per heavy atom. The second kappa shape index (κ2) is 8.54. The number of para-hydroxylation sites is 1. The lowest BCUT2D eigenvalue weighted by Crippen LogP contribution is -2.31. The number of benzene rings is 2. The van der Waals surface area contributed by atoms with Gasteiger partial charge in [-0.25, -0.2) is 22.4 Å². The Kier molecular flexibility index (Phi) is 5.94. The molecule has 0 aliphatic carbocycles. The molecule has 2 aromatic carbocycles. The Morgan fingerprint density at radius 3 is 2.50 bits per heavy atom. The molecule has 2 heterocycles. The van der Waals surface area contributed by atoms with Gasteiger partial charge in [-0.05, 0) is 30.2 Å². The lowest BCUT2D eigenvalue weighted by molar-refractivity contribution is 0.404. The molecule has 0 saturated carbocycles. The van der Waals surface area contributed by atoms with Crippen LogP contribution in [0.2, 0.25) is 5.02 Å². The van der Waals surface area contributed by atoms with Gasteiger partial charge in [-0.3, -0.25) is 0 Å². The third-order valence-electron chi connectivity index (χ3n) is 5.25. The van der Waals surface area contributed by atoms with Gasteiger partial charge in [-0.1, -0.05) is 61.8 Å². The first kappa shape index (κ1) is 22.3. The summed E-state index contributed by atoms with van der Waals surface area (Å²) in [6.45, 7) is 5.16. The van der Waals surface area contributed by atoms with Gasteiger partial charge in [0.15, 0.2) is 0 Å². The first-order valence-corrected chi connectivity index (χ1v) is 11.9. The monoisotopic (exact) mass is 469 g/mol. The normalized spacial score (nSPS) is 12.2. The molecule has 0 atom stereocenters. The molecule has 0 amide bonds. The van der Waals surface area contributed by atoms with Crippen molar-refractivity contribution in [2.75, 3.05) is 18.4 Å². The molecule has 0 unspecified atom stereocenters. The van der Waals surface area contributed by atoms with Crippen LogP contribution in [0.15, 0.2) is 71.9 Å². The van der Waals surface area contributed by atoms with Crippen LogP contribution in [0.25, 0.3) is 22.2 Å². The highest BCUT2D eigenvalue weighted by molar-refractivity contribution is 7.90. The average molecular weight is 470 g/mol. The van der Waals surface area contributed by atoms with Gasteiger partial charge in [-0.2, -0.15) is 0 Å². The van der Waals surface area contributed by atoms with Crippen LogP contribution in [0.4, 0.5) is 5.95 Å². The van der Waals surface area contributed by atoms with Crippen molar-refractivity contribution in [1.82, 2.24) is 13.9 Å². The van der Waals surface area contributed by atoms with E-state index in [1.54, 1.807) is 48.7 Å². The van der Waals surface area contributed by atoms with Crippen LogP contribution in [0, 0.1) is 5.41 Å². The molecule has 0 aliphatic rings. The fraction of sp³-hybridized carbons (Fsp3) is 0.217. The summed E-state index contributed by atoms with van der Waals surface area (Å²) in [5.41, 5.74) is 7.27. The molecule has 7 nitrogen and oxygen atoms in total. The standard InChI is InChI=1S/C23H24ClN5O2S/c1-23(2,14-25)15-27-22-26-12-19(24)21(28-22)18-13-29(20-11-7-6-10-17(18)20)32(30,31)16-8-4-3-5-9-16/h3-13H,14-15,25H2,1-2H3,(H,26,27,28). The highest BCUT2D eigenvalue weighted by atomic mass is 35.5. The molecule has 0 fully saturated rings. The van der Waals surface area contributed by atoms with Crippen molar-refractivity contribution in [3.05, 3.63) is 72.0 Å². The molecule has 2 aromatic heterocycles. The lowest BCUT2D eigenvalue weighted by atomic mass is 9.94. The summed E-state index contributed by atoms with van der Waals surface area (Å²) in [5.74, 6) is 0.397. The van der Waals surface area contributed by atoms with Gasteiger partial charge in [0, 0.05) is 23.7 Å². The number of aromatic nitrogens is 3. The maximum absolute atomic E-state index is 13.4. The van der Waals surface area contributed by atoms with Crippen LogP contribution in [0.1, 0.15) is 13.8 Å². The maximum atomic E-state index is 13.4. The van der Waals surface area contributed by atoms with Gasteiger partial charge in [0.25, 0.3) is 10.0 Å². The first-order chi connectivity index (χ1) is 15.2. The zero-order valence-corrected chi connectivity index (χ0v) is 19.4. The molecule has 4 aromatic rings. The minimum Gasteiger partial charge on any atom is -0.354 e. The molecule has 0 bridgehead atoms. The summed E-state index contributed by atoms with van der Waals surface area (Å²) in [5, 5.41) is 4.25. The van der Waals surface area contributed by atoms with Crippen molar-refractivity contribution >= 4 is 38.5 Å². The maximum Gasteiger partial charge on any atom is 0.268 e. The second-order valence-electron chi connectivity index (χ2n) is 8.29. The van der Waals surface area contributed by atoms with Gasteiger partial charge in [0.2, 0.25) is 5.95 Å². The van der Waals surface area contributed by atoms with Crippen molar-refractivity contribution in [2.45, 2.75) is 18.7 Å². The molecule has 4 rings (SSSR count). The van der Waals surface area contributed by atoms with E-state index in [2.05, 4.69) is 15.3 Å². The zero-order chi connectivity index (χ0) is 22.9. The Morgan fingerprint density at radius 1 is 1.09 bits per heavy atom. The third kappa shape index (κ3) is 4.21. The minimum absolute atomic E-state index is 0.136. The largest absolute Gasteiger partial charge is 0.354 e. The van der Waals surface area contributed by atoms with E-state index in [-0.39, 0.29) is 10.3 Å². The fourth-order valence-corrected chi connectivity index (χ4v) is 4.86. The molecule has 32 heavy (non-hydrogen) atoms. The highest BCUT2D eigenvalue weighted by Gasteiger charge is 2.23. The Balaban J connectivity index is 1.84. The third-order valence-corrected chi connectivity index (χ3v) is 7.22. The molecule has 0 radical (unpaired) electrons. The molecule has 166 valence electrons. The van der Waals surface area contributed by atoms with Crippen LogP contribution in [-0.2, 0) is 10.0 Å². The van der Waals surface area contributed by atoms with E-state index < -0.39 is 10.0 Å². The van der Waals surface area contributed by atoms with E-state index in [1.165, 1.54) is 10.2 Å². The number of fused-ring (bicyclic) bond motifs is 1. The van der Waals surface area contributed by atoms with Gasteiger partial charge in [0.05, 0.1) is 27.3 Å². The summed E-state index contributed by atoms with van der Waals surface area (Å²) in [4.78, 5) is 9.06. The molecule has 0 aliphatic heterocycles. The molecule has 0 spiro atoms. The second-order valence-corrected chi connectivity index (χ2v) is 10.5. The molecule has 9 heteroatoms. The first-order valence-electron chi connectivity index (χ1n) is 10.1. The van der Waals surface area contributed by atoms with Crippen molar-refractivity contribution in [2.24, 2.45) is 11.1 Å². The predicted octanol–water partition coefficient (Wildman–Crippen LogP) is 4.39. The number of nitrogens with one attached hydrogen (secondary N) is 1. The number of hydrogen-bond donors (Lipinski definition) is 2. The van der Waals surface area contributed by atoms with E-state index in [1.807, 2.05) is 26.0 Å². The quantitative estimate of drug-likeness (QED) is 0.416. The zero-order valence-electron chi connectivity index (χ0n) is 17.8. The topological polar surface area (TPSA) is 103 Å². The van der Waals surface area contributed by atoms with Crippen LogP contribution < -0.4 is 11.1 Å². The van der Waals surface area contributed by atoms with E-state index >= 15 is 0 Å². The van der Waals surface area contributed by atoms with E-state index in [9.17, 15) is 8.42 Å². The molecule has 0 saturated heterocycles. The number of nitrogens with two attached hydrogens (primary N) is 1. The van der Waals surface area contributed by atoms with Crippen LogP contribution in [0.3, 0.4) is 0 Å². The number of halogens is 1. The van der Waals surface area contributed by atoms with Gasteiger partial charge >= 0.3 is 0 Å². The van der Waals surface area contributed by atoms with E-state index in [4.69, 9.17) is 17.3 Å². The number of anilines is 1. The smallest absolute Gasteiger partial charge is 0.268 e. The van der Waals surface area contributed by atoms with Crippen molar-refractivity contribution in [1.29, 1.82) is 0 Å². The summed E-state index contributed by atoms with van der Waals surface area (Å²) in [6.07, 6.45) is 3.08. The van der Waals surface area contributed by atoms with Crippen LogP contribution >= 0.6 is 11.6 Å². The summed E-state index contributed by atoms with van der Waals surface area (Å²) in [6, 6.07) is 15.6. The number of hydrogen-bond acceptors (Lipinski definition) is 6.